The number of nitrogens with one attached hydrogen (secondary N) is 1. The number of benzene rings is 1. The van der Waals surface area contributed by atoms with Gasteiger partial charge in [0.1, 0.15) is 5.88 Å². The Bertz CT molecular complexity index is 363. The van der Waals surface area contributed by atoms with E-state index < -0.39 is 0 Å². The predicted molar refractivity (Wildman–Crippen MR) is 70.5 cm³/mol. The maximum atomic E-state index is 12.0. The highest BCUT2D eigenvalue weighted by Gasteiger charge is 2.25. The molecule has 1 heterocycles. The predicted octanol–water partition coefficient (Wildman–Crippen LogP) is 2.01. The number of halogens is 1. The number of hydrogen-bond donors (Lipinski definition) is 1. The molecule has 0 unspecified atom stereocenters. The van der Waals surface area contributed by atoms with Crippen LogP contribution in [0, 0.1) is 0 Å². The van der Waals surface area contributed by atoms with Crippen LogP contribution in [0.1, 0.15) is 12.8 Å². The average Bonchev–Trinajstić information content (AvgIpc) is 2.41. The van der Waals surface area contributed by atoms with Gasteiger partial charge in [0.25, 0.3) is 0 Å². The van der Waals surface area contributed by atoms with Gasteiger partial charge < -0.3 is 10.2 Å². The number of para-hydroxylation sites is 1. The van der Waals surface area contributed by atoms with Crippen LogP contribution >= 0.6 is 11.6 Å². The summed E-state index contributed by atoms with van der Waals surface area (Å²) < 4.78 is 0. The van der Waals surface area contributed by atoms with Crippen LogP contribution in [-0.4, -0.2) is 30.9 Å². The van der Waals surface area contributed by atoms with Crippen LogP contribution in [0.25, 0.3) is 0 Å². The molecule has 1 fully saturated rings. The molecule has 4 heteroatoms. The molecule has 1 saturated heterocycles. The largest absolute Gasteiger partial charge is 0.317 e. The van der Waals surface area contributed by atoms with Crippen molar-refractivity contribution in [1.29, 1.82) is 0 Å². The van der Waals surface area contributed by atoms with E-state index in [-0.39, 0.29) is 17.8 Å². The third kappa shape index (κ3) is 2.99. The maximum absolute atomic E-state index is 12.0. The summed E-state index contributed by atoms with van der Waals surface area (Å²) >= 11 is 5.71. The second kappa shape index (κ2) is 6.03. The van der Waals surface area contributed by atoms with E-state index >= 15 is 0 Å². The van der Waals surface area contributed by atoms with Crippen LogP contribution in [0.5, 0.6) is 0 Å². The molecule has 0 spiro atoms. The molecule has 1 aliphatic heterocycles. The van der Waals surface area contributed by atoms with Crippen molar-refractivity contribution in [3.8, 4) is 0 Å². The van der Waals surface area contributed by atoms with E-state index in [1.54, 1.807) is 0 Å². The fraction of sp³-hybridized carbons (Fsp3) is 0.462. The summed E-state index contributed by atoms with van der Waals surface area (Å²) in [6.45, 7) is 1.92. The van der Waals surface area contributed by atoms with Gasteiger partial charge in [-0.25, -0.2) is 0 Å². The molecule has 1 aromatic carbocycles. The molecule has 92 valence electrons. The molecule has 3 nitrogen and oxygen atoms in total. The maximum Gasteiger partial charge on any atom is 0.242 e. The average molecular weight is 253 g/mol. The van der Waals surface area contributed by atoms with E-state index in [1.807, 2.05) is 35.2 Å². The highest BCUT2D eigenvalue weighted by atomic mass is 35.5. The Kier molecular flexibility index (Phi) is 4.40. The first-order valence-electron chi connectivity index (χ1n) is 5.96. The Labute approximate surface area is 107 Å². The van der Waals surface area contributed by atoms with Crippen LogP contribution < -0.4 is 10.2 Å². The minimum absolute atomic E-state index is 0.00948. The first kappa shape index (κ1) is 12.4. The lowest BCUT2D eigenvalue weighted by Crippen LogP contribution is -2.47. The Morgan fingerprint density at radius 1 is 1.29 bits per heavy atom. The lowest BCUT2D eigenvalue weighted by molar-refractivity contribution is -0.116. The molecule has 1 amide bonds. The minimum Gasteiger partial charge on any atom is -0.317 e. The molecule has 0 atom stereocenters. The molecule has 17 heavy (non-hydrogen) atoms. The Morgan fingerprint density at radius 3 is 2.53 bits per heavy atom. The molecular formula is C13H17ClN2O. The van der Waals surface area contributed by atoms with Crippen molar-refractivity contribution in [2.24, 2.45) is 0 Å². The number of carbonyl (C=O) groups excluding carboxylic acids is 1. The van der Waals surface area contributed by atoms with E-state index in [0.717, 1.165) is 31.6 Å². The normalized spacial score (nSPS) is 16.8. The second-order valence-corrected chi connectivity index (χ2v) is 4.48. The van der Waals surface area contributed by atoms with Crippen LogP contribution in [-0.2, 0) is 4.79 Å². The number of anilines is 1. The molecule has 1 aromatic rings. The molecular weight excluding hydrogens is 236 g/mol. The Morgan fingerprint density at radius 2 is 1.94 bits per heavy atom. The van der Waals surface area contributed by atoms with E-state index in [1.165, 1.54) is 0 Å². The van der Waals surface area contributed by atoms with Crippen LogP contribution in [0.15, 0.2) is 30.3 Å². The fourth-order valence-corrected chi connectivity index (χ4v) is 2.41. The first-order chi connectivity index (χ1) is 8.33. The monoisotopic (exact) mass is 252 g/mol. The highest BCUT2D eigenvalue weighted by molar-refractivity contribution is 6.29. The summed E-state index contributed by atoms with van der Waals surface area (Å²) in [7, 11) is 0. The smallest absolute Gasteiger partial charge is 0.242 e. The quantitative estimate of drug-likeness (QED) is 0.835. The number of rotatable bonds is 3. The number of piperidine rings is 1. The van der Waals surface area contributed by atoms with Gasteiger partial charge in [0, 0.05) is 11.7 Å². The highest BCUT2D eigenvalue weighted by Crippen LogP contribution is 2.22. The number of carbonyl (C=O) groups is 1. The molecule has 0 radical (unpaired) electrons. The summed E-state index contributed by atoms with van der Waals surface area (Å²) in [5.41, 5.74) is 0.949. The molecule has 1 N–H and O–H groups in total. The van der Waals surface area contributed by atoms with Gasteiger partial charge in [-0.2, -0.15) is 0 Å². The summed E-state index contributed by atoms with van der Waals surface area (Å²) in [5, 5.41) is 3.31. The van der Waals surface area contributed by atoms with Crippen LogP contribution in [0.3, 0.4) is 0 Å². The summed E-state index contributed by atoms with van der Waals surface area (Å²) in [5.74, 6) is 0.0310. The standard InChI is InChI=1S/C13H17ClN2O/c14-10-13(17)16(11-4-2-1-3-5-11)12-6-8-15-9-7-12/h1-5,12,15H,6-10H2. The lowest BCUT2D eigenvalue weighted by atomic mass is 10.0. The van der Waals surface area contributed by atoms with Crippen LogP contribution in [0.2, 0.25) is 0 Å². The van der Waals surface area contributed by atoms with E-state index in [0.29, 0.717) is 0 Å². The Hall–Kier alpha value is -1.06. The third-order valence-corrected chi connectivity index (χ3v) is 3.32. The molecule has 0 bridgehead atoms. The van der Waals surface area contributed by atoms with Gasteiger partial charge in [0.15, 0.2) is 0 Å². The minimum atomic E-state index is -0.00948. The van der Waals surface area contributed by atoms with E-state index in [4.69, 9.17) is 11.6 Å². The topological polar surface area (TPSA) is 32.3 Å². The number of amides is 1. The van der Waals surface area contributed by atoms with Gasteiger partial charge in [-0.05, 0) is 38.1 Å². The fourth-order valence-electron chi connectivity index (χ4n) is 2.28. The molecule has 1 aliphatic rings. The zero-order valence-electron chi connectivity index (χ0n) is 9.73. The third-order valence-electron chi connectivity index (χ3n) is 3.09. The van der Waals surface area contributed by atoms with Crippen molar-refractivity contribution in [3.05, 3.63) is 30.3 Å². The molecule has 2 rings (SSSR count). The number of hydrogen-bond acceptors (Lipinski definition) is 2. The van der Waals surface area contributed by atoms with Crippen LogP contribution in [0.4, 0.5) is 5.69 Å². The van der Waals surface area contributed by atoms with Gasteiger partial charge in [0.05, 0.1) is 0 Å². The van der Waals surface area contributed by atoms with Crippen molar-refractivity contribution in [3.63, 3.8) is 0 Å². The number of nitrogens with zero attached hydrogens (tertiary/aromatic N) is 1. The van der Waals surface area contributed by atoms with Crippen molar-refractivity contribution in [2.75, 3.05) is 23.9 Å². The summed E-state index contributed by atoms with van der Waals surface area (Å²) in [6.07, 6.45) is 1.97. The Balaban J connectivity index is 2.21. The lowest BCUT2D eigenvalue weighted by Gasteiger charge is -2.34. The van der Waals surface area contributed by atoms with Gasteiger partial charge in [-0.15, -0.1) is 11.6 Å². The van der Waals surface area contributed by atoms with Gasteiger partial charge in [-0.3, -0.25) is 4.79 Å². The molecule has 0 saturated carbocycles. The first-order valence-corrected chi connectivity index (χ1v) is 6.50. The van der Waals surface area contributed by atoms with Crippen molar-refractivity contribution >= 4 is 23.2 Å². The van der Waals surface area contributed by atoms with Crippen molar-refractivity contribution in [1.82, 2.24) is 5.32 Å². The van der Waals surface area contributed by atoms with Crippen molar-refractivity contribution in [2.45, 2.75) is 18.9 Å². The zero-order valence-corrected chi connectivity index (χ0v) is 10.5. The molecule has 0 aliphatic carbocycles. The summed E-state index contributed by atoms with van der Waals surface area (Å²) in [4.78, 5) is 13.8. The number of alkyl halides is 1. The second-order valence-electron chi connectivity index (χ2n) is 4.21. The van der Waals surface area contributed by atoms with E-state index in [2.05, 4.69) is 5.32 Å². The van der Waals surface area contributed by atoms with Gasteiger partial charge in [-0.1, -0.05) is 18.2 Å². The zero-order chi connectivity index (χ0) is 12.1. The summed E-state index contributed by atoms with van der Waals surface area (Å²) in [6, 6.07) is 10.1. The van der Waals surface area contributed by atoms with Crippen molar-refractivity contribution < 1.29 is 4.79 Å². The van der Waals surface area contributed by atoms with Gasteiger partial charge >= 0.3 is 0 Å². The molecule has 0 aromatic heterocycles. The van der Waals surface area contributed by atoms with Gasteiger partial charge in [0.2, 0.25) is 5.91 Å². The van der Waals surface area contributed by atoms with E-state index in [9.17, 15) is 4.79 Å². The SMILES string of the molecule is O=C(CCl)N(c1ccccc1)C1CCNCC1.